The molecule has 0 spiro atoms. The fraction of sp³-hybridized carbons (Fsp3) is 0. The summed E-state index contributed by atoms with van der Waals surface area (Å²) < 4.78 is 2.18. The molecule has 0 saturated carbocycles. The van der Waals surface area contributed by atoms with E-state index in [0.29, 0.717) is 17.5 Å². The van der Waals surface area contributed by atoms with E-state index in [-0.39, 0.29) is 0 Å². The molecule has 0 saturated heterocycles. The van der Waals surface area contributed by atoms with Gasteiger partial charge >= 0.3 is 0 Å². The molecule has 0 aliphatic carbocycles. The summed E-state index contributed by atoms with van der Waals surface area (Å²) in [5, 5.41) is 0. The lowest BCUT2D eigenvalue weighted by Gasteiger charge is -2.13. The predicted molar refractivity (Wildman–Crippen MR) is 232 cm³/mol. The first kappa shape index (κ1) is 33.8. The van der Waals surface area contributed by atoms with Crippen molar-refractivity contribution in [3.63, 3.8) is 0 Å². The number of benzene rings is 7. The van der Waals surface area contributed by atoms with Crippen LogP contribution in [0.3, 0.4) is 0 Å². The Balaban J connectivity index is 1.13. The van der Waals surface area contributed by atoms with E-state index in [0.717, 1.165) is 78.2 Å². The molecular weight excluding hydrogens is 695 g/mol. The van der Waals surface area contributed by atoms with Gasteiger partial charge in [0.05, 0.1) is 11.4 Å². The van der Waals surface area contributed by atoms with Crippen LogP contribution < -0.4 is 0 Å². The molecule has 268 valence electrons. The van der Waals surface area contributed by atoms with Crippen molar-refractivity contribution in [2.24, 2.45) is 0 Å². The Kier molecular flexibility index (Phi) is 8.78. The molecule has 3 heterocycles. The summed E-state index contributed by atoms with van der Waals surface area (Å²) in [7, 11) is 0. The van der Waals surface area contributed by atoms with E-state index in [1.165, 1.54) is 0 Å². The van der Waals surface area contributed by atoms with Gasteiger partial charge in [0, 0.05) is 34.0 Å². The summed E-state index contributed by atoms with van der Waals surface area (Å²) in [5.41, 5.74) is 14.4. The second-order valence-electron chi connectivity index (χ2n) is 14.0. The highest BCUT2D eigenvalue weighted by Crippen LogP contribution is 2.38. The molecule has 10 rings (SSSR count). The van der Waals surface area contributed by atoms with Crippen LogP contribution in [-0.4, -0.2) is 24.3 Å². The maximum Gasteiger partial charge on any atom is 0.164 e. The molecule has 0 unspecified atom stereocenters. The highest BCUT2D eigenvalue weighted by molar-refractivity contribution is 5.86. The molecule has 57 heavy (non-hydrogen) atoms. The SMILES string of the molecule is c1ccc(-c2ccc(-c3nc(-c4ccccc4)nc(-c4cc(-c5ccccc5)cc(-c5cccc(-c6c(-c7ccccc7)nc7ccccn67)c5)c4)n3)cc2)cc1. The van der Waals surface area contributed by atoms with Crippen molar-refractivity contribution in [1.29, 1.82) is 0 Å². The van der Waals surface area contributed by atoms with E-state index in [1.54, 1.807) is 0 Å². The number of pyridine rings is 1. The van der Waals surface area contributed by atoms with Crippen molar-refractivity contribution >= 4 is 5.65 Å². The van der Waals surface area contributed by atoms with Gasteiger partial charge in [0.25, 0.3) is 0 Å². The van der Waals surface area contributed by atoms with Crippen LogP contribution in [0.5, 0.6) is 0 Å². The van der Waals surface area contributed by atoms with Crippen LogP contribution in [-0.2, 0) is 0 Å². The van der Waals surface area contributed by atoms with Crippen molar-refractivity contribution in [3.8, 4) is 90.1 Å². The number of fused-ring (bicyclic) bond motifs is 1. The lowest BCUT2D eigenvalue weighted by atomic mass is 9.94. The normalized spacial score (nSPS) is 11.2. The summed E-state index contributed by atoms with van der Waals surface area (Å²) in [6.45, 7) is 0. The second-order valence-corrected chi connectivity index (χ2v) is 14.0. The summed E-state index contributed by atoms with van der Waals surface area (Å²) >= 11 is 0. The summed E-state index contributed by atoms with van der Waals surface area (Å²) in [6, 6.07) is 71.4. The van der Waals surface area contributed by atoms with Crippen LogP contribution in [0, 0.1) is 0 Å². The van der Waals surface area contributed by atoms with Crippen LogP contribution >= 0.6 is 0 Å². The van der Waals surface area contributed by atoms with E-state index >= 15 is 0 Å². The Bertz CT molecular complexity index is 2980. The molecule has 7 aromatic carbocycles. The van der Waals surface area contributed by atoms with Crippen molar-refractivity contribution in [2.45, 2.75) is 0 Å². The minimum absolute atomic E-state index is 0.606. The fourth-order valence-electron chi connectivity index (χ4n) is 7.43. The van der Waals surface area contributed by atoms with E-state index < -0.39 is 0 Å². The Hall–Kier alpha value is -7.76. The number of imidazole rings is 1. The molecule has 0 radical (unpaired) electrons. The van der Waals surface area contributed by atoms with Gasteiger partial charge in [-0.2, -0.15) is 0 Å². The van der Waals surface area contributed by atoms with Crippen molar-refractivity contribution < 1.29 is 0 Å². The summed E-state index contributed by atoms with van der Waals surface area (Å²) in [4.78, 5) is 20.4. The molecule has 0 bridgehead atoms. The molecule has 10 aromatic rings. The molecule has 0 atom stereocenters. The van der Waals surface area contributed by atoms with Gasteiger partial charge in [0.15, 0.2) is 17.5 Å². The van der Waals surface area contributed by atoms with Crippen LogP contribution in [0.1, 0.15) is 0 Å². The van der Waals surface area contributed by atoms with Gasteiger partial charge in [-0.05, 0) is 69.8 Å². The highest BCUT2D eigenvalue weighted by Gasteiger charge is 2.18. The van der Waals surface area contributed by atoms with Gasteiger partial charge in [-0.1, -0.05) is 170 Å². The molecule has 5 heteroatoms. The standard InChI is InChI=1S/C52H35N5/c1-5-16-36(17-6-1)38-27-29-41(30-28-38)51-54-50(40-22-11-4-12-23-40)55-52(56-51)46-34-44(37-18-7-2-8-19-37)33-45(35-46)42-24-15-25-43(32-42)49-48(39-20-9-3-10-21-39)53-47-26-13-14-31-57(47)49/h1-35H. The zero-order valence-electron chi connectivity index (χ0n) is 30.9. The third kappa shape index (κ3) is 6.79. The van der Waals surface area contributed by atoms with Crippen LogP contribution in [0.2, 0.25) is 0 Å². The topological polar surface area (TPSA) is 56.0 Å². The third-order valence-electron chi connectivity index (χ3n) is 10.3. The lowest BCUT2D eigenvalue weighted by Crippen LogP contribution is -2.00. The van der Waals surface area contributed by atoms with E-state index in [2.05, 4.69) is 162 Å². The molecule has 5 nitrogen and oxygen atoms in total. The number of rotatable bonds is 8. The molecule has 0 aliphatic heterocycles. The fourth-order valence-corrected chi connectivity index (χ4v) is 7.43. The Morgan fingerprint density at radius 2 is 0.667 bits per heavy atom. The summed E-state index contributed by atoms with van der Waals surface area (Å²) in [5.74, 6) is 1.85. The second kappa shape index (κ2) is 14.8. The first-order chi connectivity index (χ1) is 28.2. The van der Waals surface area contributed by atoms with Crippen LogP contribution in [0.25, 0.3) is 95.7 Å². The van der Waals surface area contributed by atoms with Gasteiger partial charge in [0.1, 0.15) is 5.65 Å². The molecular formula is C52H35N5. The first-order valence-corrected chi connectivity index (χ1v) is 19.1. The summed E-state index contributed by atoms with van der Waals surface area (Å²) in [6.07, 6.45) is 2.09. The van der Waals surface area contributed by atoms with Gasteiger partial charge in [0.2, 0.25) is 0 Å². The highest BCUT2D eigenvalue weighted by atomic mass is 15.0. The van der Waals surface area contributed by atoms with Gasteiger partial charge in [-0.3, -0.25) is 4.40 Å². The number of hydrogen-bond donors (Lipinski definition) is 0. The van der Waals surface area contributed by atoms with Gasteiger partial charge in [-0.15, -0.1) is 0 Å². The minimum Gasteiger partial charge on any atom is -0.299 e. The minimum atomic E-state index is 0.606. The van der Waals surface area contributed by atoms with E-state index in [1.807, 2.05) is 54.6 Å². The Morgan fingerprint density at radius 3 is 1.30 bits per heavy atom. The largest absolute Gasteiger partial charge is 0.299 e. The van der Waals surface area contributed by atoms with E-state index in [9.17, 15) is 0 Å². The maximum atomic E-state index is 5.18. The smallest absolute Gasteiger partial charge is 0.164 e. The number of nitrogens with zero attached hydrogens (tertiary/aromatic N) is 5. The van der Waals surface area contributed by atoms with Gasteiger partial charge < -0.3 is 0 Å². The average molecular weight is 730 g/mol. The molecule has 0 fully saturated rings. The molecule has 0 amide bonds. The molecule has 3 aromatic heterocycles. The predicted octanol–water partition coefficient (Wildman–Crippen LogP) is 12.9. The van der Waals surface area contributed by atoms with E-state index in [4.69, 9.17) is 19.9 Å². The number of aromatic nitrogens is 5. The maximum absolute atomic E-state index is 5.18. The lowest BCUT2D eigenvalue weighted by molar-refractivity contribution is 1.07. The van der Waals surface area contributed by atoms with Crippen LogP contribution in [0.15, 0.2) is 212 Å². The Labute approximate surface area is 331 Å². The number of hydrogen-bond acceptors (Lipinski definition) is 4. The zero-order chi connectivity index (χ0) is 38.0. The van der Waals surface area contributed by atoms with Crippen molar-refractivity contribution in [3.05, 3.63) is 212 Å². The van der Waals surface area contributed by atoms with Crippen LogP contribution in [0.4, 0.5) is 0 Å². The van der Waals surface area contributed by atoms with Crippen molar-refractivity contribution in [1.82, 2.24) is 24.3 Å². The molecule has 0 N–H and O–H groups in total. The average Bonchev–Trinajstić information content (AvgIpc) is 3.70. The Morgan fingerprint density at radius 1 is 0.263 bits per heavy atom. The first-order valence-electron chi connectivity index (χ1n) is 19.1. The monoisotopic (exact) mass is 729 g/mol. The van der Waals surface area contributed by atoms with Gasteiger partial charge in [-0.25, -0.2) is 19.9 Å². The van der Waals surface area contributed by atoms with Crippen molar-refractivity contribution in [2.75, 3.05) is 0 Å². The third-order valence-corrected chi connectivity index (χ3v) is 10.3. The molecule has 0 aliphatic rings. The zero-order valence-corrected chi connectivity index (χ0v) is 30.9. The quantitative estimate of drug-likeness (QED) is 0.156.